The molecule has 0 spiro atoms. The van der Waals surface area contributed by atoms with Crippen molar-refractivity contribution in [1.82, 2.24) is 5.06 Å². The van der Waals surface area contributed by atoms with Gasteiger partial charge in [0.05, 0.1) is 19.6 Å². The fourth-order valence-electron chi connectivity index (χ4n) is 3.09. The van der Waals surface area contributed by atoms with Crippen molar-refractivity contribution in [2.24, 2.45) is 5.41 Å². The monoisotopic (exact) mass is 255 g/mol. The average Bonchev–Trinajstić information content (AvgIpc) is 2.82. The minimum absolute atomic E-state index is 0.0457. The quantitative estimate of drug-likeness (QED) is 0.834. The number of amides is 1. The highest BCUT2D eigenvalue weighted by Crippen LogP contribution is 2.42. The predicted molar refractivity (Wildman–Crippen MR) is 64.7 cm³/mol. The van der Waals surface area contributed by atoms with Gasteiger partial charge in [0.25, 0.3) is 0 Å². The van der Waals surface area contributed by atoms with Crippen LogP contribution in [0.5, 0.6) is 0 Å². The van der Waals surface area contributed by atoms with Crippen molar-refractivity contribution in [3.63, 3.8) is 0 Å². The van der Waals surface area contributed by atoms with Crippen LogP contribution in [0.1, 0.15) is 51.4 Å². The van der Waals surface area contributed by atoms with Gasteiger partial charge in [0.15, 0.2) is 0 Å². The van der Waals surface area contributed by atoms with Gasteiger partial charge in [0, 0.05) is 6.42 Å². The maximum atomic E-state index is 12.1. The first-order chi connectivity index (χ1) is 8.61. The van der Waals surface area contributed by atoms with E-state index in [1.807, 2.05) is 0 Å². The van der Waals surface area contributed by atoms with Crippen LogP contribution in [0.4, 0.5) is 0 Å². The molecule has 18 heavy (non-hydrogen) atoms. The van der Waals surface area contributed by atoms with Crippen molar-refractivity contribution in [3.8, 4) is 0 Å². The Balaban J connectivity index is 1.99. The molecule has 0 unspecified atom stereocenters. The number of hydroxylamine groups is 2. The normalized spacial score (nSPS) is 23.0. The molecule has 1 aliphatic heterocycles. The van der Waals surface area contributed by atoms with E-state index in [1.165, 1.54) is 5.06 Å². The maximum absolute atomic E-state index is 12.1. The van der Waals surface area contributed by atoms with Gasteiger partial charge in [-0.2, -0.15) is 0 Å². The van der Waals surface area contributed by atoms with E-state index < -0.39 is 5.97 Å². The standard InChI is InChI=1S/C13H21NO4/c15-11(14-7-4-8-18-14)9-13(10-12(16)17)5-2-1-3-6-13/h1-10H2,(H,16,17). The lowest BCUT2D eigenvalue weighted by molar-refractivity contribution is -0.172. The second-order valence-corrected chi connectivity index (χ2v) is 5.49. The molecule has 1 saturated carbocycles. The molecule has 1 heterocycles. The van der Waals surface area contributed by atoms with Crippen molar-refractivity contribution in [2.75, 3.05) is 13.2 Å². The van der Waals surface area contributed by atoms with E-state index in [0.717, 1.165) is 38.5 Å². The Hall–Kier alpha value is -1.10. The Morgan fingerprint density at radius 1 is 1.11 bits per heavy atom. The van der Waals surface area contributed by atoms with Crippen LogP contribution < -0.4 is 0 Å². The third-order valence-electron chi connectivity index (χ3n) is 4.00. The maximum Gasteiger partial charge on any atom is 0.303 e. The third-order valence-corrected chi connectivity index (χ3v) is 4.00. The number of aliphatic carboxylic acids is 1. The number of rotatable bonds is 4. The zero-order valence-electron chi connectivity index (χ0n) is 10.7. The van der Waals surface area contributed by atoms with Crippen LogP contribution in [0.15, 0.2) is 0 Å². The number of nitrogens with zero attached hydrogens (tertiary/aromatic N) is 1. The van der Waals surface area contributed by atoms with Crippen LogP contribution in [0.25, 0.3) is 0 Å². The molecule has 0 aromatic rings. The van der Waals surface area contributed by atoms with Crippen molar-refractivity contribution in [2.45, 2.75) is 51.4 Å². The van der Waals surface area contributed by atoms with E-state index in [1.54, 1.807) is 0 Å². The van der Waals surface area contributed by atoms with E-state index in [9.17, 15) is 9.59 Å². The molecule has 1 amide bonds. The van der Waals surface area contributed by atoms with Crippen LogP contribution in [0, 0.1) is 5.41 Å². The molecular weight excluding hydrogens is 234 g/mol. The summed E-state index contributed by atoms with van der Waals surface area (Å²) in [5.41, 5.74) is -0.340. The molecule has 5 nitrogen and oxygen atoms in total. The van der Waals surface area contributed by atoms with Gasteiger partial charge in [0.2, 0.25) is 5.91 Å². The van der Waals surface area contributed by atoms with E-state index in [4.69, 9.17) is 9.94 Å². The molecule has 2 rings (SSSR count). The molecule has 2 fully saturated rings. The molecular formula is C13H21NO4. The Bertz CT molecular complexity index is 317. The molecule has 0 aromatic heterocycles. The molecule has 1 saturated heterocycles. The lowest BCUT2D eigenvalue weighted by Crippen LogP contribution is -2.36. The lowest BCUT2D eigenvalue weighted by Gasteiger charge is -2.36. The second-order valence-electron chi connectivity index (χ2n) is 5.49. The van der Waals surface area contributed by atoms with Gasteiger partial charge in [-0.25, -0.2) is 5.06 Å². The third kappa shape index (κ3) is 3.22. The van der Waals surface area contributed by atoms with Crippen LogP contribution in [0.3, 0.4) is 0 Å². The number of hydrogen-bond donors (Lipinski definition) is 1. The molecule has 0 radical (unpaired) electrons. The van der Waals surface area contributed by atoms with Crippen molar-refractivity contribution >= 4 is 11.9 Å². The summed E-state index contributed by atoms with van der Waals surface area (Å²) in [6, 6.07) is 0. The summed E-state index contributed by atoms with van der Waals surface area (Å²) in [6.07, 6.45) is 6.19. The summed E-state index contributed by atoms with van der Waals surface area (Å²) >= 11 is 0. The smallest absolute Gasteiger partial charge is 0.303 e. The molecule has 1 aliphatic carbocycles. The summed E-state index contributed by atoms with van der Waals surface area (Å²) in [4.78, 5) is 28.4. The zero-order valence-corrected chi connectivity index (χ0v) is 10.7. The van der Waals surface area contributed by atoms with Crippen molar-refractivity contribution < 1.29 is 19.5 Å². The summed E-state index contributed by atoms with van der Waals surface area (Å²) in [6.45, 7) is 1.24. The van der Waals surface area contributed by atoms with Crippen molar-refractivity contribution in [3.05, 3.63) is 0 Å². The minimum Gasteiger partial charge on any atom is -0.481 e. The summed E-state index contributed by atoms with van der Waals surface area (Å²) in [7, 11) is 0. The molecule has 102 valence electrons. The van der Waals surface area contributed by atoms with E-state index >= 15 is 0 Å². The molecule has 0 aromatic carbocycles. The first-order valence-corrected chi connectivity index (χ1v) is 6.76. The minimum atomic E-state index is -0.799. The fraction of sp³-hybridized carbons (Fsp3) is 0.846. The first-order valence-electron chi connectivity index (χ1n) is 6.76. The van der Waals surface area contributed by atoms with Crippen LogP contribution in [0.2, 0.25) is 0 Å². The number of carboxylic acids is 1. The number of carbonyl (C=O) groups excluding carboxylic acids is 1. The molecule has 1 N–H and O–H groups in total. The molecule has 0 atom stereocenters. The van der Waals surface area contributed by atoms with E-state index in [0.29, 0.717) is 19.6 Å². The zero-order chi connectivity index (χ0) is 13.0. The van der Waals surface area contributed by atoms with Gasteiger partial charge in [-0.1, -0.05) is 19.3 Å². The summed E-state index contributed by atoms with van der Waals surface area (Å²) in [5.74, 6) is -0.845. The van der Waals surface area contributed by atoms with Crippen LogP contribution in [-0.2, 0) is 14.4 Å². The van der Waals surface area contributed by atoms with Crippen LogP contribution in [-0.4, -0.2) is 35.2 Å². The second kappa shape index (κ2) is 5.69. The van der Waals surface area contributed by atoms with Gasteiger partial charge in [-0.05, 0) is 24.7 Å². The van der Waals surface area contributed by atoms with Gasteiger partial charge < -0.3 is 5.11 Å². The lowest BCUT2D eigenvalue weighted by atomic mass is 9.69. The van der Waals surface area contributed by atoms with Gasteiger partial charge in [0.1, 0.15) is 0 Å². The Kier molecular flexibility index (Phi) is 4.22. The summed E-state index contributed by atoms with van der Waals surface area (Å²) < 4.78 is 0. The highest BCUT2D eigenvalue weighted by atomic mass is 16.7. The van der Waals surface area contributed by atoms with Gasteiger partial charge >= 0.3 is 5.97 Å². The fourth-order valence-corrected chi connectivity index (χ4v) is 3.09. The largest absolute Gasteiger partial charge is 0.481 e. The summed E-state index contributed by atoms with van der Waals surface area (Å²) in [5, 5.41) is 10.5. The van der Waals surface area contributed by atoms with Crippen LogP contribution >= 0.6 is 0 Å². The highest BCUT2D eigenvalue weighted by molar-refractivity contribution is 5.77. The van der Waals surface area contributed by atoms with E-state index in [-0.39, 0.29) is 17.7 Å². The predicted octanol–water partition coefficient (Wildman–Crippen LogP) is 1.97. The average molecular weight is 255 g/mol. The van der Waals surface area contributed by atoms with Crippen molar-refractivity contribution in [1.29, 1.82) is 0 Å². The number of carbonyl (C=O) groups is 2. The Labute approximate surface area is 107 Å². The van der Waals surface area contributed by atoms with Gasteiger partial charge in [-0.3, -0.25) is 14.4 Å². The Morgan fingerprint density at radius 3 is 2.39 bits per heavy atom. The topological polar surface area (TPSA) is 66.8 Å². The number of carboxylic acid groups (broad SMARTS) is 1. The molecule has 0 bridgehead atoms. The highest BCUT2D eigenvalue weighted by Gasteiger charge is 2.38. The molecule has 5 heteroatoms. The Morgan fingerprint density at radius 2 is 1.83 bits per heavy atom. The number of hydrogen-bond acceptors (Lipinski definition) is 3. The SMILES string of the molecule is O=C(O)CC1(CC(=O)N2CCCO2)CCCCC1. The first kappa shape index (κ1) is 13.3. The van der Waals surface area contributed by atoms with Gasteiger partial charge in [-0.15, -0.1) is 0 Å². The molecule has 2 aliphatic rings. The van der Waals surface area contributed by atoms with E-state index in [2.05, 4.69) is 0 Å².